The van der Waals surface area contributed by atoms with Gasteiger partial charge in [0.15, 0.2) is 0 Å². The first-order chi connectivity index (χ1) is 7.34. The molecule has 15 heavy (non-hydrogen) atoms. The first-order valence-corrected chi connectivity index (χ1v) is 5.17. The lowest BCUT2D eigenvalue weighted by molar-refractivity contribution is 0.899. The van der Waals surface area contributed by atoms with Gasteiger partial charge < -0.3 is 0 Å². The van der Waals surface area contributed by atoms with Crippen LogP contribution < -0.4 is 0 Å². The van der Waals surface area contributed by atoms with Gasteiger partial charge in [-0.1, -0.05) is 30.3 Å². The van der Waals surface area contributed by atoms with Gasteiger partial charge in [0.25, 0.3) is 0 Å². The summed E-state index contributed by atoms with van der Waals surface area (Å²) in [6, 6.07) is 12.6. The van der Waals surface area contributed by atoms with E-state index in [1.54, 1.807) is 0 Å². The summed E-state index contributed by atoms with van der Waals surface area (Å²) in [4.78, 5) is 0. The highest BCUT2D eigenvalue weighted by Crippen LogP contribution is 2.06. The molecule has 2 aromatic rings. The standard InChI is InChI=1S/C13H14N2/c1-11-9-13(10-14-15-11)8-7-12-5-3-2-4-6-12/h2-6,9-10H,7-8H2,1H3. The van der Waals surface area contributed by atoms with Crippen molar-refractivity contribution in [2.24, 2.45) is 0 Å². The van der Waals surface area contributed by atoms with Crippen molar-refractivity contribution in [1.82, 2.24) is 10.2 Å². The maximum Gasteiger partial charge on any atom is 0.0602 e. The lowest BCUT2D eigenvalue weighted by Gasteiger charge is -2.01. The zero-order valence-electron chi connectivity index (χ0n) is 8.85. The zero-order chi connectivity index (χ0) is 10.5. The van der Waals surface area contributed by atoms with Gasteiger partial charge >= 0.3 is 0 Å². The third-order valence-electron chi connectivity index (χ3n) is 2.38. The Morgan fingerprint density at radius 2 is 1.73 bits per heavy atom. The van der Waals surface area contributed by atoms with Gasteiger partial charge in [-0.05, 0) is 37.0 Å². The molecule has 1 aromatic heterocycles. The number of aryl methyl sites for hydroxylation is 3. The molecule has 0 unspecified atom stereocenters. The van der Waals surface area contributed by atoms with Gasteiger partial charge in [0.2, 0.25) is 0 Å². The highest BCUT2D eigenvalue weighted by atomic mass is 15.1. The largest absolute Gasteiger partial charge is 0.159 e. The highest BCUT2D eigenvalue weighted by molar-refractivity contribution is 5.18. The molecule has 0 aliphatic rings. The summed E-state index contributed by atoms with van der Waals surface area (Å²) in [6.07, 6.45) is 3.93. The normalized spacial score (nSPS) is 10.2. The van der Waals surface area contributed by atoms with E-state index in [4.69, 9.17) is 0 Å². The van der Waals surface area contributed by atoms with Gasteiger partial charge in [0, 0.05) is 0 Å². The number of benzene rings is 1. The van der Waals surface area contributed by atoms with Crippen LogP contribution >= 0.6 is 0 Å². The Hall–Kier alpha value is -1.70. The molecule has 0 radical (unpaired) electrons. The minimum absolute atomic E-state index is 0.987. The van der Waals surface area contributed by atoms with Crippen LogP contribution in [-0.4, -0.2) is 10.2 Å². The minimum atomic E-state index is 0.987. The van der Waals surface area contributed by atoms with E-state index in [2.05, 4.69) is 40.5 Å². The summed E-state index contributed by atoms with van der Waals surface area (Å²) in [7, 11) is 0. The second-order valence-electron chi connectivity index (χ2n) is 3.69. The topological polar surface area (TPSA) is 25.8 Å². The molecule has 0 fully saturated rings. The molecule has 0 saturated heterocycles. The van der Waals surface area contributed by atoms with E-state index in [0.29, 0.717) is 0 Å². The van der Waals surface area contributed by atoms with Crippen LogP contribution in [0.1, 0.15) is 16.8 Å². The fourth-order valence-corrected chi connectivity index (χ4v) is 1.60. The van der Waals surface area contributed by atoms with Crippen molar-refractivity contribution in [2.45, 2.75) is 19.8 Å². The Kier molecular flexibility index (Phi) is 3.08. The molecule has 76 valence electrons. The summed E-state index contributed by atoms with van der Waals surface area (Å²) >= 11 is 0. The summed E-state index contributed by atoms with van der Waals surface area (Å²) < 4.78 is 0. The molecule has 0 aliphatic heterocycles. The third kappa shape index (κ3) is 2.88. The maximum absolute atomic E-state index is 3.95. The third-order valence-corrected chi connectivity index (χ3v) is 2.38. The van der Waals surface area contributed by atoms with E-state index in [9.17, 15) is 0 Å². The van der Waals surface area contributed by atoms with Crippen molar-refractivity contribution in [1.29, 1.82) is 0 Å². The number of aromatic nitrogens is 2. The zero-order valence-corrected chi connectivity index (χ0v) is 8.85. The molecule has 0 atom stereocenters. The van der Waals surface area contributed by atoms with Crippen molar-refractivity contribution >= 4 is 0 Å². The van der Waals surface area contributed by atoms with E-state index in [1.807, 2.05) is 19.2 Å². The lowest BCUT2D eigenvalue weighted by Crippen LogP contribution is -1.94. The molecule has 0 amide bonds. The Labute approximate surface area is 90.0 Å². The van der Waals surface area contributed by atoms with Crippen LogP contribution in [-0.2, 0) is 12.8 Å². The number of nitrogens with zero attached hydrogens (tertiary/aromatic N) is 2. The van der Waals surface area contributed by atoms with E-state index < -0.39 is 0 Å². The SMILES string of the molecule is Cc1cc(CCc2ccccc2)cnn1. The number of rotatable bonds is 3. The Morgan fingerprint density at radius 1 is 1.00 bits per heavy atom. The summed E-state index contributed by atoms with van der Waals surface area (Å²) in [5.74, 6) is 0. The molecular weight excluding hydrogens is 184 g/mol. The molecule has 0 N–H and O–H groups in total. The maximum atomic E-state index is 3.95. The molecule has 2 nitrogen and oxygen atoms in total. The molecule has 0 bridgehead atoms. The van der Waals surface area contributed by atoms with E-state index in [-0.39, 0.29) is 0 Å². The fraction of sp³-hybridized carbons (Fsp3) is 0.231. The quantitative estimate of drug-likeness (QED) is 0.757. The molecule has 0 aliphatic carbocycles. The second-order valence-corrected chi connectivity index (χ2v) is 3.69. The monoisotopic (exact) mass is 198 g/mol. The Balaban J connectivity index is 1.99. The molecule has 1 aromatic carbocycles. The summed E-state index contributed by atoms with van der Waals surface area (Å²) in [5.41, 5.74) is 3.61. The van der Waals surface area contributed by atoms with Crippen LogP contribution in [0.2, 0.25) is 0 Å². The number of hydrogen-bond acceptors (Lipinski definition) is 2. The van der Waals surface area contributed by atoms with Crippen molar-refractivity contribution in [3.8, 4) is 0 Å². The van der Waals surface area contributed by atoms with Crippen molar-refractivity contribution < 1.29 is 0 Å². The number of hydrogen-bond donors (Lipinski definition) is 0. The van der Waals surface area contributed by atoms with Crippen LogP contribution in [0.4, 0.5) is 0 Å². The van der Waals surface area contributed by atoms with Crippen LogP contribution in [0, 0.1) is 6.92 Å². The summed E-state index contributed by atoms with van der Waals surface area (Å²) in [6.45, 7) is 1.97. The molecule has 0 spiro atoms. The predicted molar refractivity (Wildman–Crippen MR) is 60.6 cm³/mol. The predicted octanol–water partition coefficient (Wildman–Crippen LogP) is 2.57. The average molecular weight is 198 g/mol. The van der Waals surface area contributed by atoms with Gasteiger partial charge in [0.1, 0.15) is 0 Å². The molecule has 2 rings (SSSR count). The van der Waals surface area contributed by atoms with Crippen LogP contribution in [0.25, 0.3) is 0 Å². The van der Waals surface area contributed by atoms with Crippen LogP contribution in [0.15, 0.2) is 42.6 Å². The Morgan fingerprint density at radius 3 is 2.47 bits per heavy atom. The lowest BCUT2D eigenvalue weighted by atomic mass is 10.1. The molecule has 0 saturated carbocycles. The first kappa shape index (κ1) is 9.84. The molecular formula is C13H14N2. The second kappa shape index (κ2) is 4.69. The van der Waals surface area contributed by atoms with Gasteiger partial charge in [-0.25, -0.2) is 0 Å². The minimum Gasteiger partial charge on any atom is -0.159 e. The van der Waals surface area contributed by atoms with Gasteiger partial charge in [-0.15, -0.1) is 0 Å². The van der Waals surface area contributed by atoms with Crippen molar-refractivity contribution in [3.05, 3.63) is 59.4 Å². The first-order valence-electron chi connectivity index (χ1n) is 5.17. The van der Waals surface area contributed by atoms with Crippen LogP contribution in [0.3, 0.4) is 0 Å². The highest BCUT2D eigenvalue weighted by Gasteiger charge is 1.96. The van der Waals surface area contributed by atoms with Gasteiger partial charge in [0.05, 0.1) is 11.9 Å². The van der Waals surface area contributed by atoms with Gasteiger partial charge in [-0.3, -0.25) is 0 Å². The van der Waals surface area contributed by atoms with E-state index in [1.165, 1.54) is 11.1 Å². The molecule has 1 heterocycles. The average Bonchev–Trinajstić information content (AvgIpc) is 2.28. The van der Waals surface area contributed by atoms with Gasteiger partial charge in [-0.2, -0.15) is 10.2 Å². The molecule has 2 heteroatoms. The van der Waals surface area contributed by atoms with E-state index in [0.717, 1.165) is 18.5 Å². The van der Waals surface area contributed by atoms with Crippen molar-refractivity contribution in [3.63, 3.8) is 0 Å². The van der Waals surface area contributed by atoms with Crippen LogP contribution in [0.5, 0.6) is 0 Å². The van der Waals surface area contributed by atoms with Crippen molar-refractivity contribution in [2.75, 3.05) is 0 Å². The summed E-state index contributed by atoms with van der Waals surface area (Å²) in [5, 5.41) is 7.89. The fourth-order valence-electron chi connectivity index (χ4n) is 1.60. The smallest absolute Gasteiger partial charge is 0.0602 e. The Bertz CT molecular complexity index is 424. The van der Waals surface area contributed by atoms with E-state index >= 15 is 0 Å².